The molecule has 122 valence electrons. The molecule has 0 N–H and O–H groups in total. The number of fused-ring (bicyclic) bond motifs is 1. The number of hydrogen-bond acceptors (Lipinski definition) is 6. The second-order valence-electron chi connectivity index (χ2n) is 5.53. The van der Waals surface area contributed by atoms with Crippen LogP contribution in [0.5, 0.6) is 0 Å². The molecule has 0 amide bonds. The lowest BCUT2D eigenvalue weighted by Crippen LogP contribution is -2.46. The summed E-state index contributed by atoms with van der Waals surface area (Å²) in [5.74, 6) is -1.05. The predicted octanol–water partition coefficient (Wildman–Crippen LogP) is 2.54. The van der Waals surface area contributed by atoms with Crippen LogP contribution in [0.25, 0.3) is 0 Å². The first-order chi connectivity index (χ1) is 10.6. The summed E-state index contributed by atoms with van der Waals surface area (Å²) in [4.78, 5) is 25.9. The molecule has 0 spiro atoms. The summed E-state index contributed by atoms with van der Waals surface area (Å²) in [5.41, 5.74) is -0.255. The number of rotatable bonds is 6. The van der Waals surface area contributed by atoms with E-state index in [-0.39, 0.29) is 5.92 Å². The predicted molar refractivity (Wildman–Crippen MR) is 83.0 cm³/mol. The number of hydrogen-bond donors (Lipinski definition) is 0. The first-order valence-electron chi connectivity index (χ1n) is 7.40. The maximum atomic E-state index is 12.3. The number of methoxy groups -OCH3 is 2. The maximum Gasteiger partial charge on any atom is 0.323 e. The fraction of sp³-hybridized carbons (Fsp3) is 0.625. The van der Waals surface area contributed by atoms with E-state index in [1.54, 1.807) is 11.3 Å². The standard InChI is InChI=1S/C16H22O5S/c1-4-6-21-10-12-9-16(14(17)19-2,15(18)20-3)8-11-5-7-22-13(11)12/h5,7,12H,4,6,8-10H2,1-3H3. The van der Waals surface area contributed by atoms with Crippen LogP contribution in [0.3, 0.4) is 0 Å². The molecular weight excluding hydrogens is 304 g/mol. The number of carbonyl (C=O) groups excluding carboxylic acids is 2. The van der Waals surface area contributed by atoms with Crippen LogP contribution in [-0.2, 0) is 30.2 Å². The molecule has 0 fully saturated rings. The van der Waals surface area contributed by atoms with Crippen molar-refractivity contribution >= 4 is 23.3 Å². The van der Waals surface area contributed by atoms with Crippen LogP contribution < -0.4 is 0 Å². The van der Waals surface area contributed by atoms with Crippen LogP contribution in [0, 0.1) is 5.41 Å². The van der Waals surface area contributed by atoms with Crippen molar-refractivity contribution < 1.29 is 23.8 Å². The van der Waals surface area contributed by atoms with Gasteiger partial charge in [0.1, 0.15) is 0 Å². The summed E-state index contributed by atoms with van der Waals surface area (Å²) in [7, 11) is 2.61. The zero-order valence-corrected chi connectivity index (χ0v) is 14.0. The van der Waals surface area contributed by atoms with Crippen LogP contribution in [0.1, 0.15) is 36.1 Å². The lowest BCUT2D eigenvalue weighted by molar-refractivity contribution is -0.171. The molecule has 1 aliphatic rings. The number of esters is 2. The topological polar surface area (TPSA) is 61.8 Å². The summed E-state index contributed by atoms with van der Waals surface area (Å²) < 4.78 is 15.5. The SMILES string of the molecule is CCCOCC1CC(C(=O)OC)(C(=O)OC)Cc2ccsc21. The van der Waals surface area contributed by atoms with Gasteiger partial charge in [0.25, 0.3) is 0 Å². The highest BCUT2D eigenvalue weighted by Crippen LogP contribution is 2.46. The van der Waals surface area contributed by atoms with Crippen LogP contribution in [-0.4, -0.2) is 39.4 Å². The lowest BCUT2D eigenvalue weighted by atomic mass is 9.69. The molecule has 1 atom stereocenters. The Morgan fingerprint density at radius 1 is 1.32 bits per heavy atom. The maximum absolute atomic E-state index is 12.3. The summed E-state index contributed by atoms with van der Waals surface area (Å²) in [6.07, 6.45) is 1.63. The minimum absolute atomic E-state index is 0.00787. The van der Waals surface area contributed by atoms with Gasteiger partial charge in [-0.05, 0) is 29.9 Å². The van der Waals surface area contributed by atoms with Gasteiger partial charge in [-0.1, -0.05) is 6.92 Å². The monoisotopic (exact) mass is 326 g/mol. The van der Waals surface area contributed by atoms with Crippen LogP contribution >= 0.6 is 11.3 Å². The number of carbonyl (C=O) groups is 2. The van der Waals surface area contributed by atoms with Crippen molar-refractivity contribution in [3.8, 4) is 0 Å². The summed E-state index contributed by atoms with van der Waals surface area (Å²) in [6, 6.07) is 1.96. The molecule has 0 saturated carbocycles. The van der Waals surface area contributed by atoms with Gasteiger partial charge in [0.15, 0.2) is 5.41 Å². The van der Waals surface area contributed by atoms with Crippen molar-refractivity contribution in [2.45, 2.75) is 32.1 Å². The highest BCUT2D eigenvalue weighted by atomic mass is 32.1. The average molecular weight is 326 g/mol. The van der Waals surface area contributed by atoms with E-state index in [4.69, 9.17) is 14.2 Å². The second-order valence-corrected chi connectivity index (χ2v) is 6.48. The molecule has 1 heterocycles. The molecule has 0 aromatic carbocycles. The van der Waals surface area contributed by atoms with E-state index in [1.807, 2.05) is 18.4 Å². The minimum atomic E-state index is -1.27. The number of ether oxygens (including phenoxy) is 3. The van der Waals surface area contributed by atoms with Crippen LogP contribution in [0.2, 0.25) is 0 Å². The largest absolute Gasteiger partial charge is 0.468 e. The smallest absolute Gasteiger partial charge is 0.323 e. The van der Waals surface area contributed by atoms with E-state index in [1.165, 1.54) is 19.1 Å². The molecule has 22 heavy (non-hydrogen) atoms. The first-order valence-corrected chi connectivity index (χ1v) is 8.27. The van der Waals surface area contributed by atoms with E-state index in [0.717, 1.165) is 12.0 Å². The Bertz CT molecular complexity index is 520. The highest BCUT2D eigenvalue weighted by molar-refractivity contribution is 7.10. The van der Waals surface area contributed by atoms with Gasteiger partial charge in [-0.25, -0.2) is 0 Å². The van der Waals surface area contributed by atoms with E-state index in [2.05, 4.69) is 0 Å². The van der Waals surface area contributed by atoms with Gasteiger partial charge < -0.3 is 14.2 Å². The van der Waals surface area contributed by atoms with Gasteiger partial charge in [0.2, 0.25) is 0 Å². The Morgan fingerprint density at radius 2 is 2.00 bits per heavy atom. The van der Waals surface area contributed by atoms with E-state index < -0.39 is 17.4 Å². The van der Waals surface area contributed by atoms with Crippen molar-refractivity contribution in [3.05, 3.63) is 21.9 Å². The third-order valence-electron chi connectivity index (χ3n) is 4.06. The molecule has 6 heteroatoms. The Hall–Kier alpha value is -1.40. The Balaban J connectivity index is 2.33. The molecule has 0 saturated heterocycles. The molecule has 5 nitrogen and oxygen atoms in total. The molecule has 1 aromatic heterocycles. The lowest BCUT2D eigenvalue weighted by Gasteiger charge is -2.36. The Labute approximate surface area is 134 Å². The van der Waals surface area contributed by atoms with E-state index >= 15 is 0 Å². The molecular formula is C16H22O5S. The Kier molecular flexibility index (Phi) is 5.58. The summed E-state index contributed by atoms with van der Waals surface area (Å²) in [5, 5.41) is 1.99. The van der Waals surface area contributed by atoms with Gasteiger partial charge in [0.05, 0.1) is 20.8 Å². The zero-order valence-electron chi connectivity index (χ0n) is 13.2. The van der Waals surface area contributed by atoms with Gasteiger partial charge in [0, 0.05) is 23.8 Å². The van der Waals surface area contributed by atoms with Crippen molar-refractivity contribution in [2.24, 2.45) is 5.41 Å². The van der Waals surface area contributed by atoms with E-state index in [0.29, 0.717) is 26.1 Å². The molecule has 1 aromatic rings. The van der Waals surface area contributed by atoms with Crippen LogP contribution in [0.15, 0.2) is 11.4 Å². The second kappa shape index (κ2) is 7.24. The van der Waals surface area contributed by atoms with Crippen LogP contribution in [0.4, 0.5) is 0 Å². The zero-order chi connectivity index (χ0) is 16.2. The van der Waals surface area contributed by atoms with Gasteiger partial charge in [-0.15, -0.1) is 11.3 Å². The van der Waals surface area contributed by atoms with Crippen molar-refractivity contribution in [3.63, 3.8) is 0 Å². The third kappa shape index (κ3) is 3.03. The normalized spacial score (nSPS) is 19.3. The van der Waals surface area contributed by atoms with Crippen molar-refractivity contribution in [1.82, 2.24) is 0 Å². The van der Waals surface area contributed by atoms with Crippen molar-refractivity contribution in [2.75, 3.05) is 27.4 Å². The molecule has 1 aliphatic carbocycles. The molecule has 0 bridgehead atoms. The third-order valence-corrected chi connectivity index (χ3v) is 5.18. The van der Waals surface area contributed by atoms with E-state index in [9.17, 15) is 9.59 Å². The van der Waals surface area contributed by atoms with Gasteiger partial charge >= 0.3 is 11.9 Å². The summed E-state index contributed by atoms with van der Waals surface area (Å²) in [6.45, 7) is 3.21. The fourth-order valence-electron chi connectivity index (χ4n) is 3.05. The summed E-state index contributed by atoms with van der Waals surface area (Å²) >= 11 is 1.65. The molecule has 1 unspecified atom stereocenters. The number of thiophene rings is 1. The first kappa shape index (κ1) is 17.0. The highest BCUT2D eigenvalue weighted by Gasteiger charge is 2.53. The minimum Gasteiger partial charge on any atom is -0.468 e. The van der Waals surface area contributed by atoms with Gasteiger partial charge in [-0.2, -0.15) is 0 Å². The van der Waals surface area contributed by atoms with Gasteiger partial charge in [-0.3, -0.25) is 9.59 Å². The fourth-order valence-corrected chi connectivity index (χ4v) is 4.07. The van der Waals surface area contributed by atoms with Crippen molar-refractivity contribution in [1.29, 1.82) is 0 Å². The Morgan fingerprint density at radius 3 is 2.59 bits per heavy atom. The molecule has 0 aliphatic heterocycles. The quantitative estimate of drug-likeness (QED) is 0.457. The average Bonchev–Trinajstić information content (AvgIpc) is 3.01. The molecule has 2 rings (SSSR count). The molecule has 0 radical (unpaired) electrons.